The van der Waals surface area contributed by atoms with Crippen LogP contribution in [0.25, 0.3) is 0 Å². The Morgan fingerprint density at radius 1 is 0.533 bits per heavy atom. The lowest BCUT2D eigenvalue weighted by molar-refractivity contribution is -0.400. The van der Waals surface area contributed by atoms with Crippen molar-refractivity contribution in [1.82, 2.24) is 0 Å². The van der Waals surface area contributed by atoms with Crippen molar-refractivity contribution in [2.75, 3.05) is 46.2 Å². The Kier molecular flexibility index (Phi) is 12.6. The highest BCUT2D eigenvalue weighted by atomic mass is 16.8. The third-order valence-corrected chi connectivity index (χ3v) is 7.94. The smallest absolute Gasteiger partial charge is 0.223 e. The molecule has 0 aromatic heterocycles. The number of hydrogen-bond acceptors (Lipinski definition) is 22. The molecular weight excluding hydrogens is 628 g/mol. The molecule has 0 aromatic carbocycles. The number of rotatable bonds is 9. The Hall–Kier alpha value is -0.880. The summed E-state index contributed by atoms with van der Waals surface area (Å²) in [4.78, 5) is 0. The Bertz CT molecular complexity index is 949. The van der Waals surface area contributed by atoms with Crippen LogP contribution in [-0.2, 0) is 28.4 Å². The molecule has 0 radical (unpaired) electrons. The van der Waals surface area contributed by atoms with Gasteiger partial charge in [-0.2, -0.15) is 0 Å². The van der Waals surface area contributed by atoms with Gasteiger partial charge in [0.25, 0.3) is 0 Å². The van der Waals surface area contributed by atoms with Crippen molar-refractivity contribution in [2.24, 2.45) is 0 Å². The Labute approximate surface area is 253 Å². The van der Waals surface area contributed by atoms with Crippen LogP contribution in [0, 0.1) is 0 Å². The van der Waals surface area contributed by atoms with Crippen LogP contribution < -0.4 is 0 Å². The summed E-state index contributed by atoms with van der Waals surface area (Å²) in [5.41, 5.74) is 0. The van der Waals surface area contributed by atoms with Gasteiger partial charge in [-0.3, -0.25) is 0 Å². The lowest BCUT2D eigenvalue weighted by atomic mass is 9.97. The highest BCUT2D eigenvalue weighted by Gasteiger charge is 2.59. The van der Waals surface area contributed by atoms with Crippen LogP contribution >= 0.6 is 0 Å². The maximum Gasteiger partial charge on any atom is 0.223 e. The van der Waals surface area contributed by atoms with E-state index in [1.807, 2.05) is 0 Å². The van der Waals surface area contributed by atoms with E-state index >= 15 is 0 Å². The molecule has 0 saturated carbocycles. The van der Waals surface area contributed by atoms with Gasteiger partial charge in [-0.15, -0.1) is 0 Å². The monoisotopic (exact) mass is 670 g/mol. The molecule has 266 valence electrons. The van der Waals surface area contributed by atoms with E-state index in [1.54, 1.807) is 0 Å². The van der Waals surface area contributed by atoms with E-state index in [4.69, 9.17) is 38.6 Å². The minimum atomic E-state index is -2.50. The predicted octanol–water partition coefficient (Wildman–Crippen LogP) is -10.8. The van der Waals surface area contributed by atoms with Crippen molar-refractivity contribution in [3.05, 3.63) is 0 Å². The van der Waals surface area contributed by atoms with E-state index < -0.39 is 143 Å². The first-order chi connectivity index (χ1) is 20.9. The van der Waals surface area contributed by atoms with E-state index in [1.165, 1.54) is 0 Å². The van der Waals surface area contributed by atoms with E-state index in [2.05, 4.69) is 0 Å². The molecule has 0 aromatic rings. The van der Waals surface area contributed by atoms with E-state index in [-0.39, 0.29) is 0 Å². The van der Waals surface area contributed by atoms with Gasteiger partial charge in [0.05, 0.1) is 33.0 Å². The topological polar surface area (TPSA) is 379 Å². The predicted molar refractivity (Wildman–Crippen MR) is 132 cm³/mol. The molecule has 16 N–H and O–H groups in total. The van der Waals surface area contributed by atoms with Crippen molar-refractivity contribution >= 4 is 0 Å². The number of aliphatic hydroxyl groups excluding tert-OH is 14. The highest BCUT2D eigenvalue weighted by Crippen LogP contribution is 2.36. The van der Waals surface area contributed by atoms with Gasteiger partial charge < -0.3 is 110 Å². The molecule has 16 atom stereocenters. The zero-order valence-electron chi connectivity index (χ0n) is 23.5. The van der Waals surface area contributed by atoms with Crippen LogP contribution in [0.2, 0.25) is 0 Å². The standard InChI is InChI=1S/C12H22O11.C11H20O11/c13-3-11(20)9(18)8(17)6(23-11)2-22-12(4-14)10(19)7(16)5(15)1-21-12;12-2-10(19)7(17)6(16)9(21-10)22-11(3-13)8(18)5(15)4(14)1-20-11/h5-10,13-20H,1-4H2;4-9,12-19H,1-3H2. The third kappa shape index (κ3) is 7.27. The zero-order chi connectivity index (χ0) is 34.1. The molecule has 16 unspecified atom stereocenters. The summed E-state index contributed by atoms with van der Waals surface area (Å²) in [5.74, 6) is -9.21. The highest BCUT2D eigenvalue weighted by molar-refractivity contribution is 4.98. The molecule has 4 rings (SSSR count). The van der Waals surface area contributed by atoms with Gasteiger partial charge >= 0.3 is 0 Å². The Balaban J connectivity index is 0.000000246. The second-order valence-electron chi connectivity index (χ2n) is 11.0. The van der Waals surface area contributed by atoms with Gasteiger partial charge in [0.1, 0.15) is 80.4 Å². The van der Waals surface area contributed by atoms with Gasteiger partial charge in [-0.1, -0.05) is 0 Å². The molecule has 4 saturated heterocycles. The van der Waals surface area contributed by atoms with Crippen molar-refractivity contribution in [3.8, 4) is 0 Å². The Morgan fingerprint density at radius 3 is 1.42 bits per heavy atom. The van der Waals surface area contributed by atoms with Gasteiger partial charge in [-0.05, 0) is 0 Å². The SMILES string of the molecule is OCC1(O)OC(COC2(CO)OCC(O)C(O)C2O)C(O)C1O.OCC1(O)OC(OC2(CO)OCC(O)C(O)C2O)C(O)C1O. The number of ether oxygens (including phenoxy) is 6. The molecule has 45 heavy (non-hydrogen) atoms. The van der Waals surface area contributed by atoms with E-state index in [0.29, 0.717) is 0 Å². The molecule has 0 bridgehead atoms. The molecule has 0 amide bonds. The maximum atomic E-state index is 9.94. The van der Waals surface area contributed by atoms with Crippen molar-refractivity contribution < 1.29 is 110 Å². The molecule has 0 spiro atoms. The molecule has 4 heterocycles. The second-order valence-corrected chi connectivity index (χ2v) is 11.0. The molecule has 4 aliphatic heterocycles. The van der Waals surface area contributed by atoms with Crippen molar-refractivity contribution in [1.29, 1.82) is 0 Å². The van der Waals surface area contributed by atoms with Gasteiger partial charge in [0.15, 0.2) is 6.29 Å². The van der Waals surface area contributed by atoms with E-state index in [9.17, 15) is 71.5 Å². The van der Waals surface area contributed by atoms with Crippen molar-refractivity contribution in [2.45, 2.75) is 96.6 Å². The summed E-state index contributed by atoms with van der Waals surface area (Å²) in [6, 6.07) is 0. The fourth-order valence-electron chi connectivity index (χ4n) is 4.89. The summed E-state index contributed by atoms with van der Waals surface area (Å²) in [7, 11) is 0. The number of hydrogen-bond donors (Lipinski definition) is 16. The Morgan fingerprint density at radius 2 is 0.978 bits per heavy atom. The van der Waals surface area contributed by atoms with Gasteiger partial charge in [0, 0.05) is 0 Å². The van der Waals surface area contributed by atoms with Crippen LogP contribution in [0.5, 0.6) is 0 Å². The zero-order valence-corrected chi connectivity index (χ0v) is 23.5. The average Bonchev–Trinajstić information content (AvgIpc) is 3.39. The lowest BCUT2D eigenvalue weighted by Crippen LogP contribution is -2.65. The van der Waals surface area contributed by atoms with Crippen LogP contribution in [0.1, 0.15) is 0 Å². The molecule has 4 aliphatic rings. The normalized spacial score (nSPS) is 52.0. The molecule has 22 nitrogen and oxygen atoms in total. The summed E-state index contributed by atoms with van der Waals surface area (Å²) >= 11 is 0. The fraction of sp³-hybridized carbons (Fsp3) is 1.00. The molecular formula is C23H42O22. The summed E-state index contributed by atoms with van der Waals surface area (Å²) in [5, 5.41) is 153. The average molecular weight is 671 g/mol. The van der Waals surface area contributed by atoms with Crippen LogP contribution in [-0.4, -0.2) is 225 Å². The molecule has 22 heteroatoms. The second kappa shape index (κ2) is 14.7. The summed E-state index contributed by atoms with van der Waals surface area (Å²) < 4.78 is 30.1. The van der Waals surface area contributed by atoms with Crippen molar-refractivity contribution in [3.63, 3.8) is 0 Å². The van der Waals surface area contributed by atoms with Crippen LogP contribution in [0.4, 0.5) is 0 Å². The van der Waals surface area contributed by atoms with Crippen LogP contribution in [0.3, 0.4) is 0 Å². The summed E-state index contributed by atoms with van der Waals surface area (Å²) in [6.45, 7) is -5.36. The minimum absolute atomic E-state index is 0.421. The fourth-order valence-corrected chi connectivity index (χ4v) is 4.89. The third-order valence-electron chi connectivity index (χ3n) is 7.94. The first kappa shape index (κ1) is 38.6. The first-order valence-corrected chi connectivity index (χ1v) is 13.6. The van der Waals surface area contributed by atoms with Crippen LogP contribution in [0.15, 0.2) is 0 Å². The van der Waals surface area contributed by atoms with E-state index in [0.717, 1.165) is 0 Å². The molecule has 4 fully saturated rings. The molecule has 0 aliphatic carbocycles. The summed E-state index contributed by atoms with van der Waals surface area (Å²) in [6.07, 6.45) is -20.1. The lowest BCUT2D eigenvalue weighted by Gasteiger charge is -2.44. The quantitative estimate of drug-likeness (QED) is 0.108. The first-order valence-electron chi connectivity index (χ1n) is 13.6. The largest absolute Gasteiger partial charge is 0.391 e. The van der Waals surface area contributed by atoms with Gasteiger partial charge in [-0.25, -0.2) is 0 Å². The minimum Gasteiger partial charge on any atom is -0.391 e. The number of aliphatic hydroxyl groups is 16. The van der Waals surface area contributed by atoms with Gasteiger partial charge in [0.2, 0.25) is 23.1 Å². The maximum absolute atomic E-state index is 9.94.